The second-order valence-electron chi connectivity index (χ2n) is 6.64. The van der Waals surface area contributed by atoms with E-state index in [2.05, 4.69) is 9.24 Å². The van der Waals surface area contributed by atoms with Gasteiger partial charge in [-0.25, -0.2) is 0 Å². The third kappa shape index (κ3) is 11.9. The van der Waals surface area contributed by atoms with Gasteiger partial charge in [0, 0.05) is 0 Å². The normalized spacial score (nSPS) is 24.5. The minimum atomic E-state index is 0.902. The highest BCUT2D eigenvalue weighted by atomic mass is 31.0. The second kappa shape index (κ2) is 13.4. The largest absolute Gasteiger partial charge is 0.134 e. The zero-order valence-electron chi connectivity index (χ0n) is 13.2. The molecule has 19 heavy (non-hydrogen) atoms. The highest BCUT2D eigenvalue weighted by molar-refractivity contribution is 7.17. The van der Waals surface area contributed by atoms with Gasteiger partial charge in [-0.05, 0) is 18.5 Å². The molecule has 0 aromatic carbocycles. The van der Waals surface area contributed by atoms with Crippen molar-refractivity contribution in [1.82, 2.24) is 0 Å². The summed E-state index contributed by atoms with van der Waals surface area (Å²) in [6, 6.07) is 0. The third-order valence-electron chi connectivity index (χ3n) is 4.65. The number of hydrogen-bond donors (Lipinski definition) is 0. The lowest BCUT2D eigenvalue weighted by Crippen LogP contribution is -1.98. The van der Waals surface area contributed by atoms with Crippen LogP contribution in [0.4, 0.5) is 0 Å². The molecule has 1 rings (SSSR count). The van der Waals surface area contributed by atoms with Crippen LogP contribution >= 0.6 is 9.24 Å². The van der Waals surface area contributed by atoms with E-state index in [-0.39, 0.29) is 0 Å². The van der Waals surface area contributed by atoms with Crippen molar-refractivity contribution >= 4 is 9.24 Å². The molecule has 1 atom stereocenters. The van der Waals surface area contributed by atoms with Gasteiger partial charge in [0.15, 0.2) is 0 Å². The molecule has 1 heteroatoms. The summed E-state index contributed by atoms with van der Waals surface area (Å²) in [4.78, 5) is 0. The lowest BCUT2D eigenvalue weighted by molar-refractivity contribution is 0.508. The van der Waals surface area contributed by atoms with E-state index in [0.29, 0.717) is 0 Å². The summed E-state index contributed by atoms with van der Waals surface area (Å²) in [5, 5.41) is 0. The minimum absolute atomic E-state index is 0.902. The van der Waals surface area contributed by atoms with Crippen LogP contribution in [0.25, 0.3) is 0 Å². The zero-order valence-corrected chi connectivity index (χ0v) is 14.3. The van der Waals surface area contributed by atoms with Crippen LogP contribution in [0.3, 0.4) is 0 Å². The molecule has 0 N–H and O–H groups in total. The Morgan fingerprint density at radius 3 is 0.842 bits per heavy atom. The molecule has 0 nitrogen and oxygen atoms in total. The van der Waals surface area contributed by atoms with Crippen LogP contribution in [0.1, 0.15) is 109 Å². The molecular weight excluding hydrogens is 247 g/mol. The van der Waals surface area contributed by atoms with Crippen molar-refractivity contribution < 1.29 is 0 Å². The Morgan fingerprint density at radius 1 is 0.368 bits per heavy atom. The number of rotatable bonds is 0. The lowest BCUT2D eigenvalue weighted by atomic mass is 10.0. The van der Waals surface area contributed by atoms with E-state index in [0.717, 1.165) is 5.66 Å². The summed E-state index contributed by atoms with van der Waals surface area (Å²) >= 11 is 0. The molecule has 0 spiro atoms. The molecular formula is C18H37P. The van der Waals surface area contributed by atoms with Crippen molar-refractivity contribution in [2.45, 2.75) is 115 Å². The molecule has 0 radical (unpaired) electrons. The fourth-order valence-electron chi connectivity index (χ4n) is 3.26. The maximum absolute atomic E-state index is 3.09. The van der Waals surface area contributed by atoms with Crippen molar-refractivity contribution in [3.05, 3.63) is 0 Å². The van der Waals surface area contributed by atoms with Crippen LogP contribution in [0.5, 0.6) is 0 Å². The topological polar surface area (TPSA) is 0 Å². The van der Waals surface area contributed by atoms with Crippen molar-refractivity contribution in [3.63, 3.8) is 0 Å². The first-order chi connectivity index (χ1) is 9.39. The summed E-state index contributed by atoms with van der Waals surface area (Å²) < 4.78 is 0. The quantitative estimate of drug-likeness (QED) is 0.425. The van der Waals surface area contributed by atoms with Crippen molar-refractivity contribution in [1.29, 1.82) is 0 Å². The Morgan fingerprint density at radius 2 is 0.579 bits per heavy atom. The summed E-state index contributed by atoms with van der Waals surface area (Å²) in [6.45, 7) is 0. The van der Waals surface area contributed by atoms with Crippen LogP contribution in [-0.2, 0) is 0 Å². The Labute approximate surface area is 124 Å². The standard InChI is InChI=1S/C18H37P/c19-18-16-14-12-10-8-6-4-2-1-3-5-7-9-11-13-15-17-18/h18H,1-17,19H2. The Balaban J connectivity index is 2.08. The third-order valence-corrected chi connectivity index (χ3v) is 5.32. The van der Waals surface area contributed by atoms with Gasteiger partial charge in [0.25, 0.3) is 0 Å². The van der Waals surface area contributed by atoms with Crippen LogP contribution in [-0.4, -0.2) is 5.66 Å². The Bertz CT molecular complexity index is 161. The molecule has 1 saturated carbocycles. The van der Waals surface area contributed by atoms with Gasteiger partial charge in [0.2, 0.25) is 0 Å². The van der Waals surface area contributed by atoms with Gasteiger partial charge in [0.05, 0.1) is 0 Å². The van der Waals surface area contributed by atoms with Crippen molar-refractivity contribution in [2.24, 2.45) is 0 Å². The first-order valence-corrected chi connectivity index (χ1v) is 9.82. The molecule has 0 aromatic heterocycles. The summed E-state index contributed by atoms with van der Waals surface area (Å²) in [6.07, 6.45) is 25.2. The van der Waals surface area contributed by atoms with Gasteiger partial charge in [-0.3, -0.25) is 0 Å². The van der Waals surface area contributed by atoms with Crippen LogP contribution < -0.4 is 0 Å². The molecule has 114 valence electrons. The van der Waals surface area contributed by atoms with Gasteiger partial charge < -0.3 is 0 Å². The van der Waals surface area contributed by atoms with Gasteiger partial charge in [-0.15, -0.1) is 9.24 Å². The van der Waals surface area contributed by atoms with Gasteiger partial charge >= 0.3 is 0 Å². The molecule has 0 aromatic rings. The summed E-state index contributed by atoms with van der Waals surface area (Å²) in [5.41, 5.74) is 0.902. The van der Waals surface area contributed by atoms with Gasteiger partial charge in [0.1, 0.15) is 0 Å². The van der Waals surface area contributed by atoms with Crippen LogP contribution in [0.15, 0.2) is 0 Å². The Kier molecular flexibility index (Phi) is 12.3. The Hall–Kier alpha value is 0.430. The second-order valence-corrected chi connectivity index (χ2v) is 7.58. The molecule has 0 bridgehead atoms. The predicted octanol–water partition coefficient (Wildman–Crippen LogP) is 6.88. The first kappa shape index (κ1) is 17.5. The van der Waals surface area contributed by atoms with E-state index >= 15 is 0 Å². The average molecular weight is 284 g/mol. The summed E-state index contributed by atoms with van der Waals surface area (Å²) in [5.74, 6) is 0. The maximum atomic E-state index is 3.09. The molecule has 0 amide bonds. The van der Waals surface area contributed by atoms with E-state index in [4.69, 9.17) is 0 Å². The highest BCUT2D eigenvalue weighted by Crippen LogP contribution is 2.20. The smallest absolute Gasteiger partial charge is 0.0264 e. The maximum Gasteiger partial charge on any atom is -0.0264 e. The van der Waals surface area contributed by atoms with Crippen LogP contribution in [0, 0.1) is 0 Å². The van der Waals surface area contributed by atoms with E-state index in [9.17, 15) is 0 Å². The predicted molar refractivity (Wildman–Crippen MR) is 92.0 cm³/mol. The van der Waals surface area contributed by atoms with Crippen molar-refractivity contribution in [2.75, 3.05) is 0 Å². The van der Waals surface area contributed by atoms with Gasteiger partial charge in [-0.1, -0.05) is 96.3 Å². The molecule has 1 unspecified atom stereocenters. The minimum Gasteiger partial charge on any atom is -0.134 e. The first-order valence-electron chi connectivity index (χ1n) is 9.15. The van der Waals surface area contributed by atoms with E-state index in [1.807, 2.05) is 0 Å². The van der Waals surface area contributed by atoms with E-state index in [1.165, 1.54) is 109 Å². The zero-order chi connectivity index (χ0) is 13.6. The molecule has 1 aliphatic carbocycles. The van der Waals surface area contributed by atoms with E-state index in [1.54, 1.807) is 0 Å². The molecule has 0 heterocycles. The lowest BCUT2D eigenvalue weighted by Gasteiger charge is -2.11. The van der Waals surface area contributed by atoms with Crippen LogP contribution in [0.2, 0.25) is 0 Å². The fraction of sp³-hybridized carbons (Fsp3) is 1.00. The highest BCUT2D eigenvalue weighted by Gasteiger charge is 2.02. The molecule has 0 saturated heterocycles. The molecule has 0 aliphatic heterocycles. The van der Waals surface area contributed by atoms with Crippen molar-refractivity contribution in [3.8, 4) is 0 Å². The SMILES string of the molecule is PC1CCCCCCCCCCCCCCCCC1. The van der Waals surface area contributed by atoms with Gasteiger partial charge in [-0.2, -0.15) is 0 Å². The number of hydrogen-bond acceptors (Lipinski definition) is 0. The molecule has 1 fully saturated rings. The van der Waals surface area contributed by atoms with E-state index < -0.39 is 0 Å². The average Bonchev–Trinajstić information content (AvgIpc) is 2.41. The summed E-state index contributed by atoms with van der Waals surface area (Å²) in [7, 11) is 3.09. The molecule has 1 aliphatic rings. The monoisotopic (exact) mass is 284 g/mol. The fourth-order valence-corrected chi connectivity index (χ4v) is 3.73.